The predicted octanol–water partition coefficient (Wildman–Crippen LogP) is 1.56. The van der Waals surface area contributed by atoms with Crippen LogP contribution >= 0.6 is 0 Å². The van der Waals surface area contributed by atoms with Crippen LogP contribution in [0.5, 0.6) is 0 Å². The van der Waals surface area contributed by atoms with Gasteiger partial charge in [0.25, 0.3) is 5.69 Å². The van der Waals surface area contributed by atoms with Gasteiger partial charge in [0.1, 0.15) is 0 Å². The highest BCUT2D eigenvalue weighted by molar-refractivity contribution is 5.47. The summed E-state index contributed by atoms with van der Waals surface area (Å²) < 4.78 is 0. The minimum atomic E-state index is -0.593. The first kappa shape index (κ1) is 13.9. The predicted molar refractivity (Wildman–Crippen MR) is 70.9 cm³/mol. The average molecular weight is 265 g/mol. The van der Waals surface area contributed by atoms with Crippen molar-refractivity contribution in [2.45, 2.75) is 39.3 Å². The molecule has 2 heterocycles. The molecule has 0 spiro atoms. The van der Waals surface area contributed by atoms with Crippen molar-refractivity contribution in [3.63, 3.8) is 0 Å². The number of nitro groups is 1. The third-order valence-electron chi connectivity index (χ3n) is 3.83. The van der Waals surface area contributed by atoms with Gasteiger partial charge >= 0.3 is 0 Å². The summed E-state index contributed by atoms with van der Waals surface area (Å²) in [6.45, 7) is 7.14. The van der Waals surface area contributed by atoms with E-state index < -0.39 is 5.60 Å². The van der Waals surface area contributed by atoms with E-state index in [0.29, 0.717) is 30.8 Å². The molecular formula is C13H19N3O3. The molecule has 0 aromatic carbocycles. The van der Waals surface area contributed by atoms with Crippen LogP contribution in [0.25, 0.3) is 0 Å². The van der Waals surface area contributed by atoms with Crippen LogP contribution in [-0.4, -0.2) is 38.6 Å². The normalized spacial score (nSPS) is 18.1. The molecule has 0 aliphatic carbocycles. The molecule has 0 radical (unpaired) electrons. The maximum Gasteiger partial charge on any atom is 0.278 e. The maximum absolute atomic E-state index is 11.0. The first-order valence-electron chi connectivity index (χ1n) is 6.40. The highest BCUT2D eigenvalue weighted by atomic mass is 16.6. The number of aromatic nitrogens is 1. The second-order valence-corrected chi connectivity index (χ2v) is 5.34. The third kappa shape index (κ3) is 2.59. The van der Waals surface area contributed by atoms with Crippen molar-refractivity contribution in [1.82, 2.24) is 9.88 Å². The molecule has 1 fully saturated rings. The molecule has 1 aliphatic rings. The molecular weight excluding hydrogens is 246 g/mol. The lowest BCUT2D eigenvalue weighted by atomic mass is 9.91. The molecule has 0 bridgehead atoms. The van der Waals surface area contributed by atoms with E-state index in [9.17, 15) is 15.2 Å². The van der Waals surface area contributed by atoms with E-state index in [-0.39, 0.29) is 10.6 Å². The van der Waals surface area contributed by atoms with Gasteiger partial charge in [-0.05, 0) is 20.3 Å². The Hall–Kier alpha value is -1.53. The van der Waals surface area contributed by atoms with Gasteiger partial charge in [0.05, 0.1) is 16.2 Å². The van der Waals surface area contributed by atoms with Crippen molar-refractivity contribution in [2.75, 3.05) is 13.1 Å². The largest absolute Gasteiger partial charge is 0.387 e. The zero-order chi connectivity index (χ0) is 14.2. The lowest BCUT2D eigenvalue weighted by molar-refractivity contribution is -0.386. The third-order valence-corrected chi connectivity index (χ3v) is 3.83. The van der Waals surface area contributed by atoms with Crippen LogP contribution < -0.4 is 0 Å². The quantitative estimate of drug-likeness (QED) is 0.660. The van der Waals surface area contributed by atoms with Crippen molar-refractivity contribution in [3.05, 3.63) is 33.1 Å². The van der Waals surface area contributed by atoms with Gasteiger partial charge < -0.3 is 5.11 Å². The van der Waals surface area contributed by atoms with E-state index in [1.54, 1.807) is 20.0 Å². The van der Waals surface area contributed by atoms with Crippen LogP contribution in [0.4, 0.5) is 5.69 Å². The van der Waals surface area contributed by atoms with Gasteiger partial charge in [-0.25, -0.2) is 0 Å². The molecule has 19 heavy (non-hydrogen) atoms. The summed E-state index contributed by atoms with van der Waals surface area (Å²) in [6, 6.07) is 0. The SMILES string of the molecule is CCC1(O)CN(Cc2ncc(C)c([N+](=O)[O-])c2C)C1. The number of rotatable bonds is 4. The number of pyridine rings is 1. The fourth-order valence-electron chi connectivity index (χ4n) is 2.54. The molecule has 6 heteroatoms. The van der Waals surface area contributed by atoms with Gasteiger partial charge in [-0.1, -0.05) is 6.92 Å². The van der Waals surface area contributed by atoms with Gasteiger partial charge in [-0.3, -0.25) is 20.0 Å². The number of β-amino-alcohol motifs (C(OH)–C–C–N with tert-alkyl or cyclic N) is 1. The molecule has 0 amide bonds. The molecule has 1 N–H and O–H groups in total. The molecule has 2 rings (SSSR count). The summed E-state index contributed by atoms with van der Waals surface area (Å²) in [4.78, 5) is 17.0. The maximum atomic E-state index is 11.0. The lowest BCUT2D eigenvalue weighted by Crippen LogP contribution is -2.60. The Bertz CT molecular complexity index is 510. The van der Waals surface area contributed by atoms with Crippen LogP contribution in [0.2, 0.25) is 0 Å². The van der Waals surface area contributed by atoms with Crippen molar-refractivity contribution in [1.29, 1.82) is 0 Å². The first-order valence-corrected chi connectivity index (χ1v) is 6.40. The number of aryl methyl sites for hydroxylation is 1. The summed E-state index contributed by atoms with van der Waals surface area (Å²) in [5, 5.41) is 21.0. The van der Waals surface area contributed by atoms with Gasteiger partial charge in [0.2, 0.25) is 0 Å². The molecule has 0 saturated carbocycles. The molecule has 104 valence electrons. The smallest absolute Gasteiger partial charge is 0.278 e. The molecule has 1 saturated heterocycles. The zero-order valence-corrected chi connectivity index (χ0v) is 11.5. The van der Waals surface area contributed by atoms with Gasteiger partial charge in [-0.2, -0.15) is 0 Å². The number of hydrogen-bond acceptors (Lipinski definition) is 5. The Morgan fingerprint density at radius 1 is 1.53 bits per heavy atom. The van der Waals surface area contributed by atoms with Gasteiger partial charge in [0.15, 0.2) is 0 Å². The standard InChI is InChI=1S/C13H19N3O3/c1-4-13(17)7-15(8-13)6-11-10(3)12(16(18)19)9(2)5-14-11/h5,17H,4,6-8H2,1-3H3. The van der Waals surface area contributed by atoms with Crippen LogP contribution in [0.15, 0.2) is 6.20 Å². The zero-order valence-electron chi connectivity index (χ0n) is 11.5. The molecule has 0 unspecified atom stereocenters. The van der Waals surface area contributed by atoms with Gasteiger partial charge in [-0.15, -0.1) is 0 Å². The van der Waals surface area contributed by atoms with E-state index >= 15 is 0 Å². The minimum Gasteiger partial charge on any atom is -0.387 e. The van der Waals surface area contributed by atoms with Gasteiger partial charge in [0, 0.05) is 37.0 Å². The molecule has 6 nitrogen and oxygen atoms in total. The monoisotopic (exact) mass is 265 g/mol. The van der Waals surface area contributed by atoms with Crippen molar-refractivity contribution < 1.29 is 10.0 Å². The van der Waals surface area contributed by atoms with Crippen molar-refractivity contribution >= 4 is 5.69 Å². The van der Waals surface area contributed by atoms with E-state index in [1.807, 2.05) is 6.92 Å². The van der Waals surface area contributed by atoms with E-state index in [0.717, 1.165) is 12.1 Å². The summed E-state index contributed by atoms with van der Waals surface area (Å²) in [6.07, 6.45) is 2.27. The highest BCUT2D eigenvalue weighted by Crippen LogP contribution is 2.29. The van der Waals surface area contributed by atoms with Crippen LogP contribution in [-0.2, 0) is 6.54 Å². The fourth-order valence-corrected chi connectivity index (χ4v) is 2.54. The topological polar surface area (TPSA) is 79.5 Å². The second-order valence-electron chi connectivity index (χ2n) is 5.34. The Morgan fingerprint density at radius 3 is 2.68 bits per heavy atom. The number of likely N-dealkylation sites (tertiary alicyclic amines) is 1. The minimum absolute atomic E-state index is 0.149. The van der Waals surface area contributed by atoms with Crippen LogP contribution in [0, 0.1) is 24.0 Å². The lowest BCUT2D eigenvalue weighted by Gasteiger charge is -2.46. The Labute approximate surface area is 112 Å². The summed E-state index contributed by atoms with van der Waals surface area (Å²) in [5.74, 6) is 0. The summed E-state index contributed by atoms with van der Waals surface area (Å²) in [5.41, 5.74) is 1.48. The summed E-state index contributed by atoms with van der Waals surface area (Å²) >= 11 is 0. The molecule has 0 atom stereocenters. The Balaban J connectivity index is 2.15. The molecule has 1 aromatic rings. The van der Waals surface area contributed by atoms with E-state index in [4.69, 9.17) is 0 Å². The first-order chi connectivity index (χ1) is 8.86. The Morgan fingerprint density at radius 2 is 2.16 bits per heavy atom. The van der Waals surface area contributed by atoms with E-state index in [2.05, 4.69) is 9.88 Å². The number of hydrogen-bond donors (Lipinski definition) is 1. The second kappa shape index (κ2) is 4.86. The highest BCUT2D eigenvalue weighted by Gasteiger charge is 2.39. The average Bonchev–Trinajstić information content (AvgIpc) is 2.30. The Kier molecular flexibility index (Phi) is 3.56. The van der Waals surface area contributed by atoms with E-state index in [1.165, 1.54) is 0 Å². The van der Waals surface area contributed by atoms with Crippen LogP contribution in [0.1, 0.15) is 30.2 Å². The number of aliphatic hydroxyl groups is 1. The molecule has 1 aliphatic heterocycles. The van der Waals surface area contributed by atoms with Crippen LogP contribution in [0.3, 0.4) is 0 Å². The van der Waals surface area contributed by atoms with Crippen molar-refractivity contribution in [3.8, 4) is 0 Å². The summed E-state index contributed by atoms with van der Waals surface area (Å²) in [7, 11) is 0. The fraction of sp³-hybridized carbons (Fsp3) is 0.615. The molecule has 1 aromatic heterocycles. The number of nitrogens with zero attached hydrogens (tertiary/aromatic N) is 3. The van der Waals surface area contributed by atoms with Crippen molar-refractivity contribution in [2.24, 2.45) is 0 Å².